The third-order valence-corrected chi connectivity index (χ3v) is 8.51. The molecule has 27 heteroatoms. The molecule has 7 atom stereocenters. The highest BCUT2D eigenvalue weighted by atomic mass is 31.2. The van der Waals surface area contributed by atoms with Crippen LogP contribution < -0.4 is 65.9 Å². The number of amides is 7. The number of rotatable bonds is 31. The number of aliphatic hydroxyl groups excluding tert-OH is 1. The molecule has 0 aliphatic rings. The first kappa shape index (κ1) is 54.2. The summed E-state index contributed by atoms with van der Waals surface area (Å²) in [4.78, 5) is 124. The summed E-state index contributed by atoms with van der Waals surface area (Å²) in [7, 11) is -5.26. The highest BCUT2D eigenvalue weighted by Crippen LogP contribution is 2.35. The number of guanidine groups is 1. The van der Waals surface area contributed by atoms with Gasteiger partial charge < -0.3 is 85.6 Å². The van der Waals surface area contributed by atoms with Crippen molar-refractivity contribution in [2.45, 2.75) is 108 Å². The van der Waals surface area contributed by atoms with Crippen molar-refractivity contribution >= 4 is 61.4 Å². The minimum atomic E-state index is -5.26. The normalized spacial score (nSPS) is 14.7. The van der Waals surface area contributed by atoms with E-state index in [4.69, 9.17) is 28.7 Å². The monoisotopic (exact) mass is 867 g/mol. The molecule has 0 radical (unpaired) electrons. The van der Waals surface area contributed by atoms with Gasteiger partial charge in [0, 0.05) is 6.54 Å². The molecular weight excluding hydrogens is 805 g/mol. The molecule has 0 spiro atoms. The Morgan fingerprint density at radius 1 is 0.695 bits per heavy atom. The number of carbonyl (C=O) groups excluding carboxylic acids is 8. The summed E-state index contributed by atoms with van der Waals surface area (Å²) in [5, 5.41) is 26.4. The topological polar surface area (TPSA) is 450 Å². The number of phosphoric ester groups is 1. The van der Waals surface area contributed by atoms with Crippen LogP contribution in [0.25, 0.3) is 0 Å². The standard InChI is InChI=1S/C32H62N13O13P/c1-18(35)27(50)42-22(10-7-13-38-32(36)37)28(51)43-21(9-4-6-12-34)29(52)44-23(17-58-59(55,56)57)30(53)45-26(19(2)47)31(54)40-14-24(48)39-15-25(49)41-20(16-46)8-3-5-11-33/h16,18-23,26,47H,3-15,17,33-35H2,1-2H3,(H,39,48)(H,40,54)(H,41,49)(H,42,50)(H,43,51)(H,44,52)(H,45,53)(H4,36,37,38)(H2,55,56,57)/t18-,19+,20-,21-,22-,23-,26-/m0/s1. The molecule has 0 aromatic heterocycles. The van der Waals surface area contributed by atoms with Gasteiger partial charge in [0.05, 0.1) is 37.9 Å². The van der Waals surface area contributed by atoms with E-state index in [1.807, 2.05) is 0 Å². The van der Waals surface area contributed by atoms with Crippen molar-refractivity contribution in [1.82, 2.24) is 37.2 Å². The minimum absolute atomic E-state index is 0.00303. The summed E-state index contributed by atoms with van der Waals surface area (Å²) in [6.45, 7) is 0.711. The van der Waals surface area contributed by atoms with Crippen LogP contribution in [0.1, 0.15) is 65.2 Å². The van der Waals surface area contributed by atoms with E-state index in [0.29, 0.717) is 38.5 Å². The molecule has 20 N–H and O–H groups in total. The third kappa shape index (κ3) is 25.3. The molecule has 0 unspecified atom stereocenters. The molecule has 0 aromatic carbocycles. The minimum Gasteiger partial charge on any atom is -0.391 e. The molecule has 0 rings (SSSR count). The van der Waals surface area contributed by atoms with Crippen LogP contribution >= 0.6 is 7.82 Å². The number of phosphoric acid groups is 1. The number of aliphatic imine (C=N–C) groups is 1. The second kappa shape index (κ2) is 29.4. The van der Waals surface area contributed by atoms with Crippen molar-refractivity contribution in [1.29, 1.82) is 0 Å². The lowest BCUT2D eigenvalue weighted by Crippen LogP contribution is -2.61. The van der Waals surface area contributed by atoms with Crippen molar-refractivity contribution in [2.75, 3.05) is 39.3 Å². The van der Waals surface area contributed by atoms with Gasteiger partial charge in [-0.25, -0.2) is 4.57 Å². The zero-order valence-electron chi connectivity index (χ0n) is 33.2. The largest absolute Gasteiger partial charge is 0.469 e. The summed E-state index contributed by atoms with van der Waals surface area (Å²) in [5.41, 5.74) is 27.3. The van der Waals surface area contributed by atoms with Gasteiger partial charge in [-0.1, -0.05) is 0 Å². The molecule has 0 aliphatic heterocycles. The summed E-state index contributed by atoms with van der Waals surface area (Å²) >= 11 is 0. The Bertz CT molecular complexity index is 1460. The van der Waals surface area contributed by atoms with Crippen LogP contribution in [0, 0.1) is 0 Å². The first-order valence-corrected chi connectivity index (χ1v) is 20.3. The quantitative estimate of drug-likeness (QED) is 0.0101. The molecule has 338 valence electrons. The predicted octanol–water partition coefficient (Wildman–Crippen LogP) is -7.01. The van der Waals surface area contributed by atoms with Gasteiger partial charge in [-0.05, 0) is 78.3 Å². The van der Waals surface area contributed by atoms with E-state index in [1.165, 1.54) is 6.92 Å². The molecule has 0 fully saturated rings. The molecule has 0 heterocycles. The van der Waals surface area contributed by atoms with Crippen molar-refractivity contribution in [3.63, 3.8) is 0 Å². The van der Waals surface area contributed by atoms with E-state index in [-0.39, 0.29) is 44.7 Å². The van der Waals surface area contributed by atoms with Crippen LogP contribution in [0.5, 0.6) is 0 Å². The van der Waals surface area contributed by atoms with Gasteiger partial charge in [-0.15, -0.1) is 0 Å². The zero-order valence-corrected chi connectivity index (χ0v) is 34.1. The molecule has 59 heavy (non-hydrogen) atoms. The summed E-state index contributed by atoms with van der Waals surface area (Å²) in [5.74, 6) is -6.78. The van der Waals surface area contributed by atoms with Gasteiger partial charge in [0.15, 0.2) is 5.96 Å². The molecule has 0 saturated heterocycles. The Labute approximate surface area is 341 Å². The van der Waals surface area contributed by atoms with Gasteiger partial charge >= 0.3 is 7.82 Å². The first-order valence-electron chi connectivity index (χ1n) is 18.7. The fourth-order valence-electron chi connectivity index (χ4n) is 4.85. The summed E-state index contributed by atoms with van der Waals surface area (Å²) in [6, 6.07) is -8.25. The highest BCUT2D eigenvalue weighted by Gasteiger charge is 2.34. The van der Waals surface area contributed by atoms with Crippen LogP contribution in [0.4, 0.5) is 0 Å². The van der Waals surface area contributed by atoms with Gasteiger partial charge in [-0.3, -0.25) is 43.1 Å². The smallest absolute Gasteiger partial charge is 0.391 e. The van der Waals surface area contributed by atoms with Crippen LogP contribution in [-0.2, 0) is 47.4 Å². The number of aliphatic hydroxyl groups is 1. The molecular formula is C32H62N13O13P. The number of nitrogens with two attached hydrogens (primary N) is 5. The van der Waals surface area contributed by atoms with E-state index in [0.717, 1.165) is 6.92 Å². The Morgan fingerprint density at radius 3 is 1.71 bits per heavy atom. The molecule has 7 amide bonds. The molecule has 0 saturated carbocycles. The SMILES string of the molecule is C[C@H](N)C(=O)N[C@@H](CCCN=C(N)N)C(=O)N[C@@H](CCCCN)C(=O)N[C@@H](COP(=O)(O)O)C(=O)N[C@H](C(=O)NCC(=O)NCC(=O)N[C@H](C=O)CCCCN)[C@@H](C)O. The van der Waals surface area contributed by atoms with E-state index in [1.54, 1.807) is 0 Å². The van der Waals surface area contributed by atoms with Gasteiger partial charge in [0.1, 0.15) is 30.5 Å². The predicted molar refractivity (Wildman–Crippen MR) is 211 cm³/mol. The lowest BCUT2D eigenvalue weighted by molar-refractivity contribution is -0.136. The summed E-state index contributed by atoms with van der Waals surface area (Å²) in [6.07, 6.45) is 1.25. The second-order valence-corrected chi connectivity index (χ2v) is 14.5. The zero-order chi connectivity index (χ0) is 45.1. The number of carbonyl (C=O) groups is 8. The number of hydrogen-bond donors (Lipinski definition) is 15. The van der Waals surface area contributed by atoms with Gasteiger partial charge in [0.2, 0.25) is 41.4 Å². The van der Waals surface area contributed by atoms with Crippen molar-refractivity contribution in [3.8, 4) is 0 Å². The maximum absolute atomic E-state index is 13.6. The van der Waals surface area contributed by atoms with Crippen LogP contribution in [0.3, 0.4) is 0 Å². The first-order chi connectivity index (χ1) is 27.6. The Morgan fingerprint density at radius 2 is 1.20 bits per heavy atom. The Kier molecular flexibility index (Phi) is 27.0. The lowest BCUT2D eigenvalue weighted by Gasteiger charge is -2.27. The van der Waals surface area contributed by atoms with Crippen LogP contribution in [0.15, 0.2) is 4.99 Å². The molecule has 26 nitrogen and oxygen atoms in total. The van der Waals surface area contributed by atoms with Crippen LogP contribution in [0.2, 0.25) is 0 Å². The number of unbranched alkanes of at least 4 members (excludes halogenated alkanes) is 2. The van der Waals surface area contributed by atoms with E-state index < -0.39 is 111 Å². The van der Waals surface area contributed by atoms with Crippen molar-refractivity contribution in [3.05, 3.63) is 0 Å². The average Bonchev–Trinajstić information content (AvgIpc) is 3.16. The second-order valence-electron chi connectivity index (χ2n) is 13.3. The third-order valence-electron chi connectivity index (χ3n) is 8.03. The highest BCUT2D eigenvalue weighted by molar-refractivity contribution is 7.46. The molecule has 0 bridgehead atoms. The Hall–Kier alpha value is -4.82. The van der Waals surface area contributed by atoms with E-state index in [9.17, 15) is 57.8 Å². The number of aldehydes is 1. The maximum Gasteiger partial charge on any atom is 0.469 e. The van der Waals surface area contributed by atoms with Crippen molar-refractivity contribution < 1.29 is 62.3 Å². The van der Waals surface area contributed by atoms with E-state index >= 15 is 0 Å². The molecule has 0 aromatic rings. The average molecular weight is 868 g/mol. The lowest BCUT2D eigenvalue weighted by atomic mass is 10.1. The fraction of sp³-hybridized carbons (Fsp3) is 0.719. The molecule has 0 aliphatic carbocycles. The van der Waals surface area contributed by atoms with Crippen molar-refractivity contribution in [2.24, 2.45) is 33.7 Å². The fourth-order valence-corrected chi connectivity index (χ4v) is 5.20. The summed E-state index contributed by atoms with van der Waals surface area (Å²) < 4.78 is 16.0. The van der Waals surface area contributed by atoms with Crippen LogP contribution in [-0.4, -0.2) is 150 Å². The van der Waals surface area contributed by atoms with E-state index in [2.05, 4.69) is 46.7 Å². The number of nitrogens with one attached hydrogen (secondary N) is 7. The van der Waals surface area contributed by atoms with Gasteiger partial charge in [0.25, 0.3) is 0 Å². The Balaban J connectivity index is 5.96. The van der Waals surface area contributed by atoms with Gasteiger partial charge in [-0.2, -0.15) is 0 Å². The number of nitrogens with zero attached hydrogens (tertiary/aromatic N) is 1. The number of hydrogen-bond acceptors (Lipinski definition) is 15. The maximum atomic E-state index is 13.6.